The lowest BCUT2D eigenvalue weighted by Gasteiger charge is -2.25. The predicted octanol–water partition coefficient (Wildman–Crippen LogP) is 3.76. The van der Waals surface area contributed by atoms with Crippen LogP contribution in [-0.4, -0.2) is 40.6 Å². The number of H-pyrrole nitrogens is 1. The second-order valence-electron chi connectivity index (χ2n) is 7.47. The zero-order chi connectivity index (χ0) is 20.2. The summed E-state index contributed by atoms with van der Waals surface area (Å²) in [4.78, 5) is 18.5. The topological polar surface area (TPSA) is 74.2 Å². The van der Waals surface area contributed by atoms with Gasteiger partial charge in [-0.25, -0.2) is 0 Å². The normalized spacial score (nSPS) is 15.7. The Morgan fingerprint density at radius 2 is 2.17 bits per heavy atom. The Balaban J connectivity index is 1.61. The van der Waals surface area contributed by atoms with Crippen molar-refractivity contribution >= 4 is 22.4 Å². The molecule has 0 aliphatic heterocycles. The number of rotatable bonds is 8. The highest BCUT2D eigenvalue weighted by Crippen LogP contribution is 2.36. The van der Waals surface area contributed by atoms with E-state index in [9.17, 15) is 4.79 Å². The maximum atomic E-state index is 13.2. The van der Waals surface area contributed by atoms with Crippen molar-refractivity contribution in [2.45, 2.75) is 33.2 Å². The third-order valence-corrected chi connectivity index (χ3v) is 5.75. The lowest BCUT2D eigenvalue weighted by atomic mass is 9.86. The van der Waals surface area contributed by atoms with Crippen LogP contribution in [0.15, 0.2) is 47.3 Å². The molecule has 0 spiro atoms. The third-order valence-electron chi connectivity index (χ3n) is 5.75. The van der Waals surface area contributed by atoms with Crippen LogP contribution in [0.25, 0.3) is 16.5 Å². The van der Waals surface area contributed by atoms with Crippen LogP contribution >= 0.6 is 0 Å². The number of carbonyl (C=O) groups is 1. The average Bonchev–Trinajstić information content (AvgIpc) is 3.41. The number of aromatic amines is 1. The molecule has 1 amide bonds. The van der Waals surface area contributed by atoms with Crippen LogP contribution in [0.3, 0.4) is 0 Å². The third kappa shape index (κ3) is 3.98. The minimum absolute atomic E-state index is 0.169. The lowest BCUT2D eigenvalue weighted by Crippen LogP contribution is -2.39. The van der Waals surface area contributed by atoms with Crippen LogP contribution < -0.4 is 5.32 Å². The van der Waals surface area contributed by atoms with Crippen molar-refractivity contribution in [3.8, 4) is 0 Å². The SMILES string of the molecule is CCN(CC)C(=O)C(/C=C1\CCc2c[nH]c3cccc1c23)CNCc1ccon1. The van der Waals surface area contributed by atoms with Gasteiger partial charge in [0.2, 0.25) is 5.91 Å². The number of allylic oxidation sites excluding steroid dienone is 1. The van der Waals surface area contributed by atoms with E-state index in [1.807, 2.05) is 24.8 Å². The molecule has 3 aromatic rings. The highest BCUT2D eigenvalue weighted by Gasteiger charge is 2.24. The number of nitrogens with zero attached hydrogens (tertiary/aromatic N) is 2. The molecule has 0 bridgehead atoms. The molecule has 0 radical (unpaired) electrons. The van der Waals surface area contributed by atoms with Crippen LogP contribution in [0, 0.1) is 5.92 Å². The molecule has 1 aromatic carbocycles. The molecule has 6 heteroatoms. The summed E-state index contributed by atoms with van der Waals surface area (Å²) < 4.78 is 4.89. The Morgan fingerprint density at radius 3 is 2.93 bits per heavy atom. The van der Waals surface area contributed by atoms with E-state index in [-0.39, 0.29) is 11.8 Å². The standard InChI is InChI=1S/C23H28N4O2/c1-3-27(4-2)23(28)18(13-24-15-19-10-11-29-26-19)12-16-8-9-17-14-25-21-7-5-6-20(16)22(17)21/h5-7,10-12,14,18,24-25H,3-4,8-9,13,15H2,1-2H3/b16-12+. The van der Waals surface area contributed by atoms with Gasteiger partial charge in [-0.3, -0.25) is 4.79 Å². The summed E-state index contributed by atoms with van der Waals surface area (Å²) in [5.41, 5.74) is 5.88. The first-order valence-corrected chi connectivity index (χ1v) is 10.4. The largest absolute Gasteiger partial charge is 0.364 e. The summed E-state index contributed by atoms with van der Waals surface area (Å²) in [5.74, 6) is -0.0465. The van der Waals surface area contributed by atoms with E-state index >= 15 is 0 Å². The minimum atomic E-state index is -0.215. The minimum Gasteiger partial charge on any atom is -0.364 e. The number of amides is 1. The van der Waals surface area contributed by atoms with Crippen molar-refractivity contribution in [2.24, 2.45) is 5.92 Å². The summed E-state index contributed by atoms with van der Waals surface area (Å²) in [6, 6.07) is 8.21. The molecule has 1 aliphatic rings. The van der Waals surface area contributed by atoms with Crippen LogP contribution in [-0.2, 0) is 17.8 Å². The molecule has 1 atom stereocenters. The predicted molar refractivity (Wildman–Crippen MR) is 114 cm³/mol. The Hall–Kier alpha value is -2.86. The fourth-order valence-corrected chi connectivity index (χ4v) is 4.21. The monoisotopic (exact) mass is 392 g/mol. The highest BCUT2D eigenvalue weighted by atomic mass is 16.5. The first-order valence-electron chi connectivity index (χ1n) is 10.4. The van der Waals surface area contributed by atoms with Gasteiger partial charge < -0.3 is 19.7 Å². The van der Waals surface area contributed by atoms with Gasteiger partial charge in [0, 0.05) is 49.3 Å². The Labute approximate surface area is 170 Å². The second kappa shape index (κ2) is 8.66. The van der Waals surface area contributed by atoms with E-state index in [2.05, 4.69) is 45.9 Å². The molecule has 152 valence electrons. The van der Waals surface area contributed by atoms with Gasteiger partial charge in [0.1, 0.15) is 6.26 Å². The molecule has 2 heterocycles. The zero-order valence-electron chi connectivity index (χ0n) is 17.1. The number of aromatic nitrogens is 2. The second-order valence-corrected chi connectivity index (χ2v) is 7.47. The number of carbonyl (C=O) groups excluding carboxylic acids is 1. The molecule has 2 N–H and O–H groups in total. The quantitative estimate of drug-likeness (QED) is 0.612. The number of hydrogen-bond acceptors (Lipinski definition) is 4. The van der Waals surface area contributed by atoms with Gasteiger partial charge in [-0.05, 0) is 49.5 Å². The van der Waals surface area contributed by atoms with Gasteiger partial charge in [-0.15, -0.1) is 0 Å². The van der Waals surface area contributed by atoms with Gasteiger partial charge in [-0.2, -0.15) is 0 Å². The summed E-state index contributed by atoms with van der Waals surface area (Å²) >= 11 is 0. The number of nitrogens with one attached hydrogen (secondary N) is 2. The van der Waals surface area contributed by atoms with Gasteiger partial charge in [0.15, 0.2) is 0 Å². The maximum absolute atomic E-state index is 13.2. The zero-order valence-corrected chi connectivity index (χ0v) is 17.1. The van der Waals surface area contributed by atoms with E-state index in [1.165, 1.54) is 27.6 Å². The number of hydrogen-bond donors (Lipinski definition) is 2. The van der Waals surface area contributed by atoms with Crippen molar-refractivity contribution in [3.05, 3.63) is 59.6 Å². The Bertz CT molecular complexity index is 999. The van der Waals surface area contributed by atoms with Crippen LogP contribution in [0.5, 0.6) is 0 Å². The molecule has 1 aliphatic carbocycles. The molecular weight excluding hydrogens is 364 g/mol. The molecule has 4 rings (SSSR count). The van der Waals surface area contributed by atoms with Crippen molar-refractivity contribution < 1.29 is 9.32 Å². The highest BCUT2D eigenvalue weighted by molar-refractivity contribution is 5.97. The van der Waals surface area contributed by atoms with Gasteiger partial charge >= 0.3 is 0 Å². The van der Waals surface area contributed by atoms with Crippen molar-refractivity contribution in [1.82, 2.24) is 20.4 Å². The van der Waals surface area contributed by atoms with E-state index < -0.39 is 0 Å². The van der Waals surface area contributed by atoms with E-state index in [0.717, 1.165) is 31.6 Å². The van der Waals surface area contributed by atoms with Crippen molar-refractivity contribution in [1.29, 1.82) is 0 Å². The molecule has 29 heavy (non-hydrogen) atoms. The Morgan fingerprint density at radius 1 is 1.31 bits per heavy atom. The fraction of sp³-hybridized carbons (Fsp3) is 0.391. The van der Waals surface area contributed by atoms with Crippen LogP contribution in [0.4, 0.5) is 0 Å². The van der Waals surface area contributed by atoms with E-state index in [0.29, 0.717) is 13.1 Å². The van der Waals surface area contributed by atoms with Gasteiger partial charge in [-0.1, -0.05) is 23.4 Å². The molecule has 0 saturated carbocycles. The number of benzene rings is 1. The Kier molecular flexibility index (Phi) is 5.81. The molecular formula is C23H28N4O2. The van der Waals surface area contributed by atoms with Crippen LogP contribution in [0.1, 0.15) is 37.1 Å². The van der Waals surface area contributed by atoms with E-state index in [1.54, 1.807) is 6.26 Å². The van der Waals surface area contributed by atoms with Gasteiger partial charge in [0.25, 0.3) is 0 Å². The smallest absolute Gasteiger partial charge is 0.230 e. The molecule has 6 nitrogen and oxygen atoms in total. The van der Waals surface area contributed by atoms with Crippen LogP contribution in [0.2, 0.25) is 0 Å². The van der Waals surface area contributed by atoms with Crippen molar-refractivity contribution in [2.75, 3.05) is 19.6 Å². The maximum Gasteiger partial charge on any atom is 0.230 e. The summed E-state index contributed by atoms with van der Waals surface area (Å²) in [6.07, 6.45) is 7.81. The van der Waals surface area contributed by atoms with E-state index in [4.69, 9.17) is 4.52 Å². The lowest BCUT2D eigenvalue weighted by molar-refractivity contribution is -0.133. The molecule has 0 saturated heterocycles. The summed E-state index contributed by atoms with van der Waals surface area (Å²) in [5, 5.41) is 8.61. The average molecular weight is 393 g/mol. The molecule has 0 fully saturated rings. The first-order chi connectivity index (χ1) is 14.2. The molecule has 1 unspecified atom stereocenters. The molecule has 2 aromatic heterocycles. The van der Waals surface area contributed by atoms with Crippen molar-refractivity contribution in [3.63, 3.8) is 0 Å². The first kappa shape index (κ1) is 19.5. The summed E-state index contributed by atoms with van der Waals surface area (Å²) in [7, 11) is 0. The summed E-state index contributed by atoms with van der Waals surface area (Å²) in [6.45, 7) is 6.65. The fourth-order valence-electron chi connectivity index (χ4n) is 4.21. The van der Waals surface area contributed by atoms with Gasteiger partial charge in [0.05, 0.1) is 11.6 Å². The number of aryl methyl sites for hydroxylation is 1.